The molecule has 0 aliphatic heterocycles. The van der Waals surface area contributed by atoms with Gasteiger partial charge in [0.2, 0.25) is 0 Å². The molecule has 2 aromatic rings. The van der Waals surface area contributed by atoms with Crippen LogP contribution in [0.15, 0.2) is 36.4 Å². The van der Waals surface area contributed by atoms with Crippen LogP contribution in [0.1, 0.15) is 62.3 Å². The van der Waals surface area contributed by atoms with Crippen molar-refractivity contribution in [2.24, 2.45) is 0 Å². The summed E-state index contributed by atoms with van der Waals surface area (Å²) in [6.07, 6.45) is 6.48. The zero-order chi connectivity index (χ0) is 22.2. The molecular formula is C25H32N2O4. The molecule has 166 valence electrons. The second-order valence-electron chi connectivity index (χ2n) is 7.95. The predicted molar refractivity (Wildman–Crippen MR) is 122 cm³/mol. The highest BCUT2D eigenvalue weighted by Crippen LogP contribution is 2.30. The maximum atomic E-state index is 12.4. The van der Waals surface area contributed by atoms with E-state index in [9.17, 15) is 9.59 Å². The molecule has 1 atom stereocenters. The number of fused-ring (bicyclic) bond motifs is 1. The van der Waals surface area contributed by atoms with E-state index in [1.807, 2.05) is 43.3 Å². The van der Waals surface area contributed by atoms with Crippen molar-refractivity contribution in [3.63, 3.8) is 0 Å². The summed E-state index contributed by atoms with van der Waals surface area (Å²) < 4.78 is 11.2. The average molecular weight is 425 g/mol. The zero-order valence-electron chi connectivity index (χ0n) is 18.6. The van der Waals surface area contributed by atoms with Crippen molar-refractivity contribution in [3.8, 4) is 11.5 Å². The molecule has 2 N–H and O–H groups in total. The molecular weight excluding hydrogens is 392 g/mol. The van der Waals surface area contributed by atoms with Gasteiger partial charge in [-0.15, -0.1) is 0 Å². The number of hydrogen-bond donors (Lipinski definition) is 2. The smallest absolute Gasteiger partial charge is 0.313 e. The summed E-state index contributed by atoms with van der Waals surface area (Å²) in [6, 6.07) is 11.0. The van der Waals surface area contributed by atoms with Gasteiger partial charge in [-0.25, -0.2) is 0 Å². The molecule has 0 spiro atoms. The molecule has 0 radical (unpaired) electrons. The van der Waals surface area contributed by atoms with Crippen LogP contribution in [0.4, 0.5) is 5.69 Å². The number of hydrogen-bond acceptors (Lipinski definition) is 4. The van der Waals surface area contributed by atoms with Crippen molar-refractivity contribution < 1.29 is 19.1 Å². The SMILES string of the molecule is CCCCCOc1ccc(C(C)NC(=O)C(=O)Nc2ccc3c(c2)CCC3)cc1OC. The van der Waals surface area contributed by atoms with Gasteiger partial charge in [-0.1, -0.05) is 31.9 Å². The number of benzene rings is 2. The van der Waals surface area contributed by atoms with E-state index in [1.54, 1.807) is 7.11 Å². The second kappa shape index (κ2) is 10.8. The number of anilines is 1. The molecule has 3 rings (SSSR count). The summed E-state index contributed by atoms with van der Waals surface area (Å²) in [5.41, 5.74) is 4.05. The van der Waals surface area contributed by atoms with Crippen LogP contribution in [-0.4, -0.2) is 25.5 Å². The number of carbonyl (C=O) groups is 2. The number of ether oxygens (including phenoxy) is 2. The van der Waals surface area contributed by atoms with E-state index in [0.29, 0.717) is 23.8 Å². The van der Waals surface area contributed by atoms with Gasteiger partial charge in [-0.2, -0.15) is 0 Å². The minimum absolute atomic E-state index is 0.360. The minimum Gasteiger partial charge on any atom is -0.493 e. The quantitative estimate of drug-likeness (QED) is 0.457. The van der Waals surface area contributed by atoms with Crippen molar-refractivity contribution in [2.75, 3.05) is 19.0 Å². The Bertz CT molecular complexity index is 926. The number of rotatable bonds is 9. The van der Waals surface area contributed by atoms with Gasteiger partial charge in [0, 0.05) is 5.69 Å². The Morgan fingerprint density at radius 1 is 1.00 bits per heavy atom. The van der Waals surface area contributed by atoms with Gasteiger partial charge in [0.25, 0.3) is 0 Å². The third-order valence-corrected chi connectivity index (χ3v) is 5.60. The lowest BCUT2D eigenvalue weighted by atomic mass is 10.1. The molecule has 0 fully saturated rings. The van der Waals surface area contributed by atoms with E-state index < -0.39 is 11.8 Å². The van der Waals surface area contributed by atoms with E-state index in [-0.39, 0.29) is 6.04 Å². The van der Waals surface area contributed by atoms with E-state index in [0.717, 1.165) is 44.1 Å². The Balaban J connectivity index is 1.57. The third kappa shape index (κ3) is 6.00. The number of aryl methyl sites for hydroxylation is 2. The molecule has 2 amide bonds. The topological polar surface area (TPSA) is 76.7 Å². The van der Waals surface area contributed by atoms with Crippen LogP contribution in [0.5, 0.6) is 11.5 Å². The highest BCUT2D eigenvalue weighted by atomic mass is 16.5. The van der Waals surface area contributed by atoms with Crippen LogP contribution in [0.2, 0.25) is 0 Å². The number of amides is 2. The van der Waals surface area contributed by atoms with Crippen LogP contribution in [0, 0.1) is 0 Å². The van der Waals surface area contributed by atoms with Crippen LogP contribution in [-0.2, 0) is 22.4 Å². The van der Waals surface area contributed by atoms with Gasteiger partial charge in [0.05, 0.1) is 19.8 Å². The maximum absolute atomic E-state index is 12.4. The summed E-state index contributed by atoms with van der Waals surface area (Å²) in [6.45, 7) is 4.62. The lowest BCUT2D eigenvalue weighted by Gasteiger charge is -2.17. The first kappa shape index (κ1) is 22.7. The Morgan fingerprint density at radius 2 is 1.81 bits per heavy atom. The molecule has 0 aromatic heterocycles. The molecule has 0 saturated carbocycles. The molecule has 1 aliphatic carbocycles. The first-order valence-electron chi connectivity index (χ1n) is 11.1. The fourth-order valence-corrected chi connectivity index (χ4v) is 3.79. The van der Waals surface area contributed by atoms with Crippen molar-refractivity contribution in [2.45, 2.75) is 58.4 Å². The molecule has 1 aliphatic rings. The van der Waals surface area contributed by atoms with Crippen LogP contribution >= 0.6 is 0 Å². The molecule has 1 unspecified atom stereocenters. The Hall–Kier alpha value is -3.02. The molecule has 0 saturated heterocycles. The molecule has 31 heavy (non-hydrogen) atoms. The first-order valence-corrected chi connectivity index (χ1v) is 11.1. The van der Waals surface area contributed by atoms with Gasteiger partial charge >= 0.3 is 11.8 Å². The fourth-order valence-electron chi connectivity index (χ4n) is 3.79. The summed E-state index contributed by atoms with van der Waals surface area (Å²) in [5, 5.41) is 5.45. The number of unbranched alkanes of at least 4 members (excludes halogenated alkanes) is 2. The maximum Gasteiger partial charge on any atom is 0.313 e. The lowest BCUT2D eigenvalue weighted by Crippen LogP contribution is -2.36. The number of methoxy groups -OCH3 is 1. The highest BCUT2D eigenvalue weighted by molar-refractivity contribution is 6.39. The van der Waals surface area contributed by atoms with E-state index in [2.05, 4.69) is 17.6 Å². The van der Waals surface area contributed by atoms with Crippen molar-refractivity contribution in [1.29, 1.82) is 0 Å². The van der Waals surface area contributed by atoms with Crippen LogP contribution in [0.3, 0.4) is 0 Å². The van der Waals surface area contributed by atoms with E-state index >= 15 is 0 Å². The van der Waals surface area contributed by atoms with Crippen molar-refractivity contribution in [1.82, 2.24) is 5.32 Å². The number of nitrogens with one attached hydrogen (secondary N) is 2. The molecule has 0 bridgehead atoms. The Kier molecular flexibility index (Phi) is 7.93. The van der Waals surface area contributed by atoms with Crippen LogP contribution in [0.25, 0.3) is 0 Å². The van der Waals surface area contributed by atoms with Crippen LogP contribution < -0.4 is 20.1 Å². The molecule has 6 nitrogen and oxygen atoms in total. The molecule has 6 heteroatoms. The summed E-state index contributed by atoms with van der Waals surface area (Å²) in [7, 11) is 1.59. The summed E-state index contributed by atoms with van der Waals surface area (Å²) >= 11 is 0. The monoisotopic (exact) mass is 424 g/mol. The van der Waals surface area contributed by atoms with E-state index in [1.165, 1.54) is 11.1 Å². The van der Waals surface area contributed by atoms with Gasteiger partial charge < -0.3 is 20.1 Å². The van der Waals surface area contributed by atoms with Crippen molar-refractivity contribution >= 4 is 17.5 Å². The summed E-state index contributed by atoms with van der Waals surface area (Å²) in [5.74, 6) is -0.0626. The normalized spacial score (nSPS) is 13.3. The Morgan fingerprint density at radius 3 is 2.58 bits per heavy atom. The number of carbonyl (C=O) groups excluding carboxylic acids is 2. The van der Waals surface area contributed by atoms with Gasteiger partial charge in [-0.05, 0) is 73.6 Å². The minimum atomic E-state index is -0.674. The zero-order valence-corrected chi connectivity index (χ0v) is 18.6. The largest absolute Gasteiger partial charge is 0.493 e. The first-order chi connectivity index (χ1) is 15.0. The van der Waals surface area contributed by atoms with E-state index in [4.69, 9.17) is 9.47 Å². The fraction of sp³-hybridized carbons (Fsp3) is 0.440. The van der Waals surface area contributed by atoms with Crippen molar-refractivity contribution in [3.05, 3.63) is 53.1 Å². The second-order valence-corrected chi connectivity index (χ2v) is 7.95. The predicted octanol–water partition coefficient (Wildman–Crippen LogP) is 4.57. The van der Waals surface area contributed by atoms with Gasteiger partial charge in [0.15, 0.2) is 11.5 Å². The highest BCUT2D eigenvalue weighted by Gasteiger charge is 2.19. The average Bonchev–Trinajstić information content (AvgIpc) is 3.24. The third-order valence-electron chi connectivity index (χ3n) is 5.60. The molecule has 0 heterocycles. The summed E-state index contributed by atoms with van der Waals surface area (Å²) in [4.78, 5) is 24.8. The van der Waals surface area contributed by atoms with Gasteiger partial charge in [0.1, 0.15) is 0 Å². The Labute approximate surface area is 184 Å². The standard InChI is InChI=1S/C25H32N2O4/c1-4-5-6-14-31-22-13-11-19(16-23(22)30-3)17(2)26-24(28)25(29)27-21-12-10-18-8-7-9-20(18)15-21/h10-13,15-17H,4-9,14H2,1-3H3,(H,26,28)(H,27,29). The van der Waals surface area contributed by atoms with Gasteiger partial charge in [-0.3, -0.25) is 9.59 Å². The lowest BCUT2D eigenvalue weighted by molar-refractivity contribution is -0.136. The molecule has 2 aromatic carbocycles.